The number of nitrogens with zero attached hydrogens (tertiary/aromatic N) is 2. The molecule has 1 amide bonds. The molecule has 1 aromatic rings. The van der Waals surface area contributed by atoms with Gasteiger partial charge in [-0.1, -0.05) is 19.9 Å². The molecule has 5 nitrogen and oxygen atoms in total. The molecule has 1 heterocycles. The molecule has 1 fully saturated rings. The maximum Gasteiger partial charge on any atom is 0.254 e. The van der Waals surface area contributed by atoms with Crippen LogP contribution in [0.4, 0.5) is 0 Å². The topological polar surface area (TPSA) is 57.7 Å². The van der Waals surface area contributed by atoms with Gasteiger partial charge in [-0.15, -0.1) is 0 Å². The van der Waals surface area contributed by atoms with Crippen LogP contribution in [0.2, 0.25) is 0 Å². The van der Waals surface area contributed by atoms with Crippen molar-refractivity contribution in [2.45, 2.75) is 44.6 Å². The van der Waals surface area contributed by atoms with Gasteiger partial charge in [0.25, 0.3) is 5.91 Å². The van der Waals surface area contributed by atoms with Gasteiger partial charge in [-0.3, -0.25) is 4.79 Å². The Balaban J connectivity index is 2.40. The van der Waals surface area contributed by atoms with E-state index in [1.807, 2.05) is 4.90 Å². The number of hydrogen-bond donors (Lipinski definition) is 0. The number of rotatable bonds is 4. The minimum Gasteiger partial charge on any atom is -0.335 e. The maximum absolute atomic E-state index is 12.8. The van der Waals surface area contributed by atoms with Crippen molar-refractivity contribution in [3.05, 3.63) is 29.3 Å². The zero-order chi connectivity index (χ0) is 17.4. The van der Waals surface area contributed by atoms with Crippen molar-refractivity contribution >= 4 is 15.9 Å². The normalized spacial score (nSPS) is 18.9. The Labute approximate surface area is 139 Å². The summed E-state index contributed by atoms with van der Waals surface area (Å²) in [5.74, 6) is 0.327. The van der Waals surface area contributed by atoms with Crippen LogP contribution in [0.1, 0.15) is 42.6 Å². The second-order valence-corrected chi connectivity index (χ2v) is 8.84. The van der Waals surface area contributed by atoms with Crippen molar-refractivity contribution in [2.75, 3.05) is 20.6 Å². The van der Waals surface area contributed by atoms with Gasteiger partial charge in [0.15, 0.2) is 0 Å². The number of aryl methyl sites for hydroxylation is 1. The number of likely N-dealkylation sites (tertiary alicyclic amines) is 1. The molecule has 2 rings (SSSR count). The van der Waals surface area contributed by atoms with Gasteiger partial charge < -0.3 is 4.90 Å². The highest BCUT2D eigenvalue weighted by atomic mass is 32.2. The number of hydrogen-bond acceptors (Lipinski definition) is 3. The fourth-order valence-corrected chi connectivity index (χ4v) is 4.26. The second-order valence-electron chi connectivity index (χ2n) is 6.72. The van der Waals surface area contributed by atoms with E-state index in [9.17, 15) is 13.2 Å². The van der Waals surface area contributed by atoms with Crippen molar-refractivity contribution in [2.24, 2.45) is 5.92 Å². The lowest BCUT2D eigenvalue weighted by Gasteiger charge is -2.28. The molecule has 128 valence electrons. The van der Waals surface area contributed by atoms with Gasteiger partial charge in [0.05, 0.1) is 4.90 Å². The van der Waals surface area contributed by atoms with E-state index in [1.165, 1.54) is 24.5 Å². The molecule has 1 saturated heterocycles. The van der Waals surface area contributed by atoms with Crippen LogP contribution in [0, 0.1) is 12.8 Å². The molecule has 0 spiro atoms. The summed E-state index contributed by atoms with van der Waals surface area (Å²) in [6, 6.07) is 5.19. The molecule has 0 aromatic heterocycles. The van der Waals surface area contributed by atoms with Crippen LogP contribution in [0.25, 0.3) is 0 Å². The van der Waals surface area contributed by atoms with Crippen molar-refractivity contribution in [1.29, 1.82) is 0 Å². The van der Waals surface area contributed by atoms with E-state index in [2.05, 4.69) is 13.8 Å². The lowest BCUT2D eigenvalue weighted by Crippen LogP contribution is -2.38. The third kappa shape index (κ3) is 3.43. The lowest BCUT2D eigenvalue weighted by atomic mass is 10.0. The summed E-state index contributed by atoms with van der Waals surface area (Å²) in [4.78, 5) is 14.9. The van der Waals surface area contributed by atoms with Crippen molar-refractivity contribution in [3.63, 3.8) is 0 Å². The third-order valence-electron chi connectivity index (χ3n) is 4.52. The van der Waals surface area contributed by atoms with E-state index in [4.69, 9.17) is 0 Å². The molecule has 0 N–H and O–H groups in total. The monoisotopic (exact) mass is 338 g/mol. The molecule has 0 bridgehead atoms. The molecular weight excluding hydrogens is 312 g/mol. The predicted octanol–water partition coefficient (Wildman–Crippen LogP) is 2.51. The van der Waals surface area contributed by atoms with Crippen LogP contribution in [0.5, 0.6) is 0 Å². The Bertz CT molecular complexity index is 696. The molecule has 0 saturated carbocycles. The smallest absolute Gasteiger partial charge is 0.254 e. The van der Waals surface area contributed by atoms with E-state index >= 15 is 0 Å². The minimum atomic E-state index is -3.55. The van der Waals surface area contributed by atoms with Crippen LogP contribution >= 0.6 is 0 Å². The first-order chi connectivity index (χ1) is 10.7. The molecular formula is C17H26N2O3S. The first-order valence-electron chi connectivity index (χ1n) is 8.00. The van der Waals surface area contributed by atoms with Crippen LogP contribution in [-0.4, -0.2) is 50.2 Å². The number of amides is 1. The van der Waals surface area contributed by atoms with E-state index in [0.717, 1.165) is 19.4 Å². The largest absolute Gasteiger partial charge is 0.335 e. The summed E-state index contributed by atoms with van der Waals surface area (Å²) in [5, 5.41) is 0. The highest BCUT2D eigenvalue weighted by molar-refractivity contribution is 7.89. The standard InChI is InChI=1S/C17H26N2O3S/c1-12(2)15-7-6-10-19(15)17(20)14-9-8-13(3)16(11-14)23(21,22)18(4)5/h8-9,11-12,15H,6-7,10H2,1-5H3. The van der Waals surface area contributed by atoms with Gasteiger partial charge in [0, 0.05) is 32.2 Å². The molecule has 1 unspecified atom stereocenters. The Morgan fingerprint density at radius 2 is 1.96 bits per heavy atom. The van der Waals surface area contributed by atoms with Crippen molar-refractivity contribution < 1.29 is 13.2 Å². The van der Waals surface area contributed by atoms with Crippen molar-refractivity contribution in [3.8, 4) is 0 Å². The average Bonchev–Trinajstić information content (AvgIpc) is 2.96. The highest BCUT2D eigenvalue weighted by Gasteiger charge is 2.32. The Morgan fingerprint density at radius 1 is 1.30 bits per heavy atom. The Kier molecular flexibility index (Phi) is 5.16. The van der Waals surface area contributed by atoms with Gasteiger partial charge >= 0.3 is 0 Å². The zero-order valence-corrected chi connectivity index (χ0v) is 15.4. The third-order valence-corrected chi connectivity index (χ3v) is 6.48. The molecule has 6 heteroatoms. The van der Waals surface area contributed by atoms with Crippen LogP contribution in [0.15, 0.2) is 23.1 Å². The molecule has 0 aliphatic carbocycles. The molecule has 1 aliphatic rings. The summed E-state index contributed by atoms with van der Waals surface area (Å²) in [5.41, 5.74) is 1.10. The SMILES string of the molecule is Cc1ccc(C(=O)N2CCCC2C(C)C)cc1S(=O)(=O)N(C)C. The van der Waals surface area contributed by atoms with Crippen LogP contribution in [0.3, 0.4) is 0 Å². The minimum absolute atomic E-state index is 0.0728. The summed E-state index contributed by atoms with van der Waals surface area (Å²) < 4.78 is 26.0. The first kappa shape index (κ1) is 17.9. The van der Waals surface area contributed by atoms with E-state index < -0.39 is 10.0 Å². The Hall–Kier alpha value is -1.40. The van der Waals surface area contributed by atoms with Gasteiger partial charge in [0.2, 0.25) is 10.0 Å². The van der Waals surface area contributed by atoms with Gasteiger partial charge in [-0.25, -0.2) is 12.7 Å². The summed E-state index contributed by atoms with van der Waals surface area (Å²) in [6.45, 7) is 6.73. The van der Waals surface area contributed by atoms with Crippen LogP contribution in [-0.2, 0) is 10.0 Å². The van der Waals surface area contributed by atoms with E-state index in [-0.39, 0.29) is 16.8 Å². The van der Waals surface area contributed by atoms with Gasteiger partial charge in [-0.2, -0.15) is 0 Å². The molecule has 0 radical (unpaired) electrons. The average molecular weight is 338 g/mol. The maximum atomic E-state index is 12.8. The number of sulfonamides is 1. The number of carbonyl (C=O) groups excluding carboxylic acids is 1. The fraction of sp³-hybridized carbons (Fsp3) is 0.588. The summed E-state index contributed by atoms with van der Waals surface area (Å²) >= 11 is 0. The molecule has 1 atom stereocenters. The first-order valence-corrected chi connectivity index (χ1v) is 9.44. The zero-order valence-electron chi connectivity index (χ0n) is 14.5. The molecule has 1 aromatic carbocycles. The summed E-state index contributed by atoms with van der Waals surface area (Å²) in [6.07, 6.45) is 2.02. The lowest BCUT2D eigenvalue weighted by molar-refractivity contribution is 0.0701. The second kappa shape index (κ2) is 6.61. The van der Waals surface area contributed by atoms with E-state index in [1.54, 1.807) is 19.1 Å². The summed E-state index contributed by atoms with van der Waals surface area (Å²) in [7, 11) is -0.557. The molecule has 1 aliphatic heterocycles. The van der Waals surface area contributed by atoms with Gasteiger partial charge in [0.1, 0.15) is 0 Å². The number of carbonyl (C=O) groups is 1. The molecule has 23 heavy (non-hydrogen) atoms. The van der Waals surface area contributed by atoms with Gasteiger partial charge in [-0.05, 0) is 43.4 Å². The quantitative estimate of drug-likeness (QED) is 0.847. The Morgan fingerprint density at radius 3 is 2.52 bits per heavy atom. The van der Waals surface area contributed by atoms with Crippen LogP contribution < -0.4 is 0 Å². The highest BCUT2D eigenvalue weighted by Crippen LogP contribution is 2.27. The predicted molar refractivity (Wildman–Crippen MR) is 90.9 cm³/mol. The van der Waals surface area contributed by atoms with E-state index in [0.29, 0.717) is 17.0 Å². The number of benzene rings is 1. The van der Waals surface area contributed by atoms with Crippen molar-refractivity contribution in [1.82, 2.24) is 9.21 Å². The fourth-order valence-electron chi connectivity index (χ4n) is 3.11.